The van der Waals surface area contributed by atoms with Crippen LogP contribution < -0.4 is 4.90 Å². The summed E-state index contributed by atoms with van der Waals surface area (Å²) in [5.74, 6) is 0.845. The van der Waals surface area contributed by atoms with Crippen molar-refractivity contribution < 1.29 is 9.31 Å². The summed E-state index contributed by atoms with van der Waals surface area (Å²) in [6.45, 7) is 10.4. The summed E-state index contributed by atoms with van der Waals surface area (Å²) in [5, 5.41) is 0. The summed E-state index contributed by atoms with van der Waals surface area (Å²) >= 11 is 0. The van der Waals surface area contributed by atoms with Crippen LogP contribution in [-0.4, -0.2) is 41.4 Å². The molecule has 2 aliphatic rings. The average Bonchev–Trinajstić information content (AvgIpc) is 2.68. The molecule has 0 unspecified atom stereocenters. The summed E-state index contributed by atoms with van der Waals surface area (Å²) in [5.41, 5.74) is 0.484. The maximum absolute atomic E-state index is 6.03. The molecule has 1 aromatic heterocycles. The van der Waals surface area contributed by atoms with Gasteiger partial charge in [0.15, 0.2) is 0 Å². The van der Waals surface area contributed by atoms with E-state index in [2.05, 4.69) is 42.6 Å². The summed E-state index contributed by atoms with van der Waals surface area (Å²) in [6, 6.07) is 0. The monoisotopic (exact) mass is 303 g/mol. The Morgan fingerprint density at radius 2 is 1.55 bits per heavy atom. The SMILES string of the molecule is CC1(C)OB(Cc2cnc(N3CCCCC3)nc2)OC1(C)C. The summed E-state index contributed by atoms with van der Waals surface area (Å²) in [7, 11) is -0.227. The van der Waals surface area contributed by atoms with Gasteiger partial charge in [-0.25, -0.2) is 9.97 Å². The van der Waals surface area contributed by atoms with Crippen LogP contribution in [0.25, 0.3) is 0 Å². The molecule has 0 aromatic carbocycles. The third-order valence-electron chi connectivity index (χ3n) is 5.04. The van der Waals surface area contributed by atoms with Crippen molar-refractivity contribution in [2.24, 2.45) is 0 Å². The van der Waals surface area contributed by atoms with Crippen molar-refractivity contribution in [2.45, 2.75) is 64.5 Å². The third-order valence-corrected chi connectivity index (χ3v) is 5.04. The molecule has 6 heteroatoms. The number of nitrogens with zero attached hydrogens (tertiary/aromatic N) is 3. The van der Waals surface area contributed by atoms with Gasteiger partial charge < -0.3 is 14.2 Å². The van der Waals surface area contributed by atoms with Gasteiger partial charge in [0.1, 0.15) is 0 Å². The molecule has 0 amide bonds. The molecule has 0 bridgehead atoms. The molecule has 0 saturated carbocycles. The number of piperidine rings is 1. The normalized spacial score (nSPS) is 23.8. The first-order chi connectivity index (χ1) is 10.4. The number of rotatable bonds is 3. The molecule has 0 spiro atoms. The Hall–Kier alpha value is -1.14. The Morgan fingerprint density at radius 1 is 1.00 bits per heavy atom. The van der Waals surface area contributed by atoms with Crippen LogP contribution in [0.15, 0.2) is 12.4 Å². The van der Waals surface area contributed by atoms with E-state index in [9.17, 15) is 0 Å². The van der Waals surface area contributed by atoms with E-state index < -0.39 is 0 Å². The number of anilines is 1. The second-order valence-electron chi connectivity index (χ2n) is 7.33. The van der Waals surface area contributed by atoms with Crippen LogP contribution in [0.2, 0.25) is 0 Å². The minimum atomic E-state index is -0.285. The van der Waals surface area contributed by atoms with E-state index in [0.29, 0.717) is 6.32 Å². The van der Waals surface area contributed by atoms with E-state index in [0.717, 1.165) is 24.6 Å². The predicted molar refractivity (Wildman–Crippen MR) is 87.9 cm³/mol. The standard InChI is InChI=1S/C16H26BN3O2/c1-15(2)16(3,4)22-17(21-15)10-13-11-18-14(19-12-13)20-8-6-5-7-9-20/h11-12H,5-10H2,1-4H3. The second kappa shape index (κ2) is 5.82. The van der Waals surface area contributed by atoms with Gasteiger partial charge in [0.25, 0.3) is 0 Å². The lowest BCUT2D eigenvalue weighted by Crippen LogP contribution is -2.41. The molecule has 2 aliphatic heterocycles. The zero-order valence-corrected chi connectivity index (χ0v) is 14.1. The highest BCUT2D eigenvalue weighted by Crippen LogP contribution is 2.37. The van der Waals surface area contributed by atoms with E-state index in [1.807, 2.05) is 12.4 Å². The largest absolute Gasteiger partial charge is 0.462 e. The van der Waals surface area contributed by atoms with E-state index in [-0.39, 0.29) is 18.3 Å². The first-order valence-corrected chi connectivity index (χ1v) is 8.29. The fourth-order valence-electron chi connectivity index (χ4n) is 2.95. The Morgan fingerprint density at radius 3 is 2.09 bits per heavy atom. The Bertz CT molecular complexity index is 497. The van der Waals surface area contributed by atoms with Crippen molar-refractivity contribution in [3.63, 3.8) is 0 Å². The fourth-order valence-corrected chi connectivity index (χ4v) is 2.95. The van der Waals surface area contributed by atoms with Crippen molar-refractivity contribution in [3.05, 3.63) is 18.0 Å². The van der Waals surface area contributed by atoms with Crippen LogP contribution in [0.4, 0.5) is 5.95 Å². The Balaban J connectivity index is 1.62. The van der Waals surface area contributed by atoms with Crippen LogP contribution in [0.1, 0.15) is 52.5 Å². The topological polar surface area (TPSA) is 47.5 Å². The molecule has 2 fully saturated rings. The Kier molecular flexibility index (Phi) is 4.16. The number of hydrogen-bond acceptors (Lipinski definition) is 5. The quantitative estimate of drug-likeness (QED) is 0.803. The van der Waals surface area contributed by atoms with Crippen molar-refractivity contribution >= 4 is 13.1 Å². The van der Waals surface area contributed by atoms with Crippen LogP contribution >= 0.6 is 0 Å². The van der Waals surface area contributed by atoms with Gasteiger partial charge in [-0.3, -0.25) is 0 Å². The zero-order chi connectivity index (χ0) is 15.8. The van der Waals surface area contributed by atoms with E-state index >= 15 is 0 Å². The van der Waals surface area contributed by atoms with Crippen molar-refractivity contribution in [3.8, 4) is 0 Å². The highest BCUT2D eigenvalue weighted by Gasteiger charge is 2.50. The first-order valence-electron chi connectivity index (χ1n) is 8.29. The fraction of sp³-hybridized carbons (Fsp3) is 0.750. The molecule has 5 nitrogen and oxygen atoms in total. The van der Waals surface area contributed by atoms with Gasteiger partial charge in [0.05, 0.1) is 11.2 Å². The molecule has 1 aromatic rings. The van der Waals surface area contributed by atoms with Gasteiger partial charge in [-0.15, -0.1) is 0 Å². The zero-order valence-electron chi connectivity index (χ0n) is 14.1. The smallest absolute Gasteiger partial charge is 0.403 e. The van der Waals surface area contributed by atoms with Crippen LogP contribution in [0, 0.1) is 0 Å². The Labute approximate surface area is 133 Å². The lowest BCUT2D eigenvalue weighted by molar-refractivity contribution is 0.00578. The summed E-state index contributed by atoms with van der Waals surface area (Å²) in [6.07, 6.45) is 8.28. The van der Waals surface area contributed by atoms with Crippen LogP contribution in [0.5, 0.6) is 0 Å². The molecule has 3 rings (SSSR count). The van der Waals surface area contributed by atoms with Crippen molar-refractivity contribution in [1.82, 2.24) is 9.97 Å². The summed E-state index contributed by atoms with van der Waals surface area (Å²) < 4.78 is 12.1. The minimum Gasteiger partial charge on any atom is -0.403 e. The van der Waals surface area contributed by atoms with Gasteiger partial charge in [-0.1, -0.05) is 0 Å². The van der Waals surface area contributed by atoms with E-state index in [1.165, 1.54) is 19.3 Å². The van der Waals surface area contributed by atoms with E-state index in [1.54, 1.807) is 0 Å². The molecule has 0 radical (unpaired) electrons. The summed E-state index contributed by atoms with van der Waals surface area (Å²) in [4.78, 5) is 11.3. The molecule has 0 aliphatic carbocycles. The first kappa shape index (κ1) is 15.7. The van der Waals surface area contributed by atoms with Crippen LogP contribution in [-0.2, 0) is 15.6 Å². The van der Waals surface area contributed by atoms with Crippen molar-refractivity contribution in [1.29, 1.82) is 0 Å². The van der Waals surface area contributed by atoms with Gasteiger partial charge in [0.2, 0.25) is 5.95 Å². The lowest BCUT2D eigenvalue weighted by Gasteiger charge is -2.32. The number of hydrogen-bond donors (Lipinski definition) is 0. The molecular formula is C16H26BN3O2. The third kappa shape index (κ3) is 3.13. The molecular weight excluding hydrogens is 277 g/mol. The number of aromatic nitrogens is 2. The van der Waals surface area contributed by atoms with Gasteiger partial charge in [-0.2, -0.15) is 0 Å². The molecule has 0 atom stereocenters. The minimum absolute atomic E-state index is 0.227. The lowest BCUT2D eigenvalue weighted by atomic mass is 9.82. The average molecular weight is 303 g/mol. The van der Waals surface area contributed by atoms with Gasteiger partial charge in [0, 0.05) is 31.8 Å². The predicted octanol–water partition coefficient (Wildman–Crippen LogP) is 2.64. The second-order valence-corrected chi connectivity index (χ2v) is 7.33. The molecule has 3 heterocycles. The molecule has 22 heavy (non-hydrogen) atoms. The van der Waals surface area contributed by atoms with Crippen LogP contribution in [0.3, 0.4) is 0 Å². The van der Waals surface area contributed by atoms with Gasteiger partial charge in [-0.05, 0) is 52.5 Å². The molecule has 120 valence electrons. The maximum atomic E-state index is 6.03. The van der Waals surface area contributed by atoms with Crippen molar-refractivity contribution in [2.75, 3.05) is 18.0 Å². The highest BCUT2D eigenvalue weighted by atomic mass is 16.7. The molecule has 0 N–H and O–H groups in total. The highest BCUT2D eigenvalue weighted by molar-refractivity contribution is 6.45. The van der Waals surface area contributed by atoms with E-state index in [4.69, 9.17) is 9.31 Å². The van der Waals surface area contributed by atoms with Gasteiger partial charge >= 0.3 is 7.12 Å². The molecule has 2 saturated heterocycles. The maximum Gasteiger partial charge on any atom is 0.462 e.